The van der Waals surface area contributed by atoms with Crippen LogP contribution in [0.4, 0.5) is 0 Å². The molecule has 0 atom stereocenters. The molecular weight excluding hydrogens is 242 g/mol. The summed E-state index contributed by atoms with van der Waals surface area (Å²) in [7, 11) is 2.20. The first-order valence-corrected chi connectivity index (χ1v) is 7.25. The third-order valence-electron chi connectivity index (χ3n) is 4.53. The molecule has 98 valence electrons. The number of pyridine rings is 1. The maximum absolute atomic E-state index is 2.38. The van der Waals surface area contributed by atoms with Gasteiger partial charge in [-0.15, -0.1) is 0 Å². The minimum absolute atomic E-state index is 1.14. The van der Waals surface area contributed by atoms with Gasteiger partial charge >= 0.3 is 0 Å². The van der Waals surface area contributed by atoms with E-state index in [1.54, 1.807) is 0 Å². The Labute approximate surface area is 119 Å². The second-order valence-corrected chi connectivity index (χ2v) is 5.75. The van der Waals surface area contributed by atoms with Gasteiger partial charge in [-0.1, -0.05) is 30.3 Å². The van der Waals surface area contributed by atoms with E-state index in [0.717, 1.165) is 12.8 Å². The Bertz CT molecular complexity index is 831. The van der Waals surface area contributed by atoms with Gasteiger partial charge in [0, 0.05) is 17.0 Å². The number of hydrogen-bond donors (Lipinski definition) is 0. The van der Waals surface area contributed by atoms with Crippen LogP contribution in [0.15, 0.2) is 48.5 Å². The third-order valence-corrected chi connectivity index (χ3v) is 4.53. The highest BCUT2D eigenvalue weighted by Crippen LogP contribution is 2.34. The summed E-state index contributed by atoms with van der Waals surface area (Å²) < 4.78 is 2.37. The maximum atomic E-state index is 2.38. The van der Waals surface area contributed by atoms with E-state index in [2.05, 4.69) is 67.1 Å². The standard InChI is InChI=1S/C19H18N/c1-13-6-5-8-14-10-11-16-12-15-7-3-4-9-17(15)20(2)19(16)18(13)14/h3-9,12H,10-11H2,1-2H3/q+1. The van der Waals surface area contributed by atoms with E-state index in [1.165, 1.54) is 38.9 Å². The highest BCUT2D eigenvalue weighted by Gasteiger charge is 2.27. The van der Waals surface area contributed by atoms with Crippen LogP contribution in [-0.4, -0.2) is 0 Å². The third kappa shape index (κ3) is 1.53. The molecule has 1 heterocycles. The number of aryl methyl sites for hydroxylation is 4. The van der Waals surface area contributed by atoms with Crippen LogP contribution in [0.1, 0.15) is 16.7 Å². The molecule has 0 saturated heterocycles. The van der Waals surface area contributed by atoms with Crippen LogP contribution >= 0.6 is 0 Å². The number of hydrogen-bond acceptors (Lipinski definition) is 0. The van der Waals surface area contributed by atoms with Gasteiger partial charge in [0.2, 0.25) is 11.2 Å². The second-order valence-electron chi connectivity index (χ2n) is 5.75. The molecule has 4 rings (SSSR count). The van der Waals surface area contributed by atoms with Crippen LogP contribution in [0.3, 0.4) is 0 Å². The van der Waals surface area contributed by atoms with Gasteiger partial charge in [0.15, 0.2) is 0 Å². The summed E-state index contributed by atoms with van der Waals surface area (Å²) in [6.45, 7) is 2.23. The van der Waals surface area contributed by atoms with Crippen LogP contribution in [0.2, 0.25) is 0 Å². The van der Waals surface area contributed by atoms with E-state index in [4.69, 9.17) is 0 Å². The van der Waals surface area contributed by atoms with Crippen molar-refractivity contribution >= 4 is 10.9 Å². The van der Waals surface area contributed by atoms with Crippen molar-refractivity contribution in [2.75, 3.05) is 0 Å². The van der Waals surface area contributed by atoms with E-state index in [1.807, 2.05) is 0 Å². The predicted molar refractivity (Wildman–Crippen MR) is 82.7 cm³/mol. The van der Waals surface area contributed by atoms with Crippen molar-refractivity contribution in [3.05, 3.63) is 65.2 Å². The number of para-hydroxylation sites is 1. The van der Waals surface area contributed by atoms with Crippen LogP contribution in [0, 0.1) is 6.92 Å². The van der Waals surface area contributed by atoms with Crippen molar-refractivity contribution in [1.82, 2.24) is 0 Å². The van der Waals surface area contributed by atoms with Gasteiger partial charge in [0.25, 0.3) is 0 Å². The Hall–Kier alpha value is -2.15. The molecule has 0 N–H and O–H groups in total. The lowest BCUT2D eigenvalue weighted by molar-refractivity contribution is -0.634. The zero-order chi connectivity index (χ0) is 13.7. The van der Waals surface area contributed by atoms with Crippen LogP contribution in [0.5, 0.6) is 0 Å². The average Bonchev–Trinajstić information content (AvgIpc) is 2.47. The molecule has 0 bridgehead atoms. The van der Waals surface area contributed by atoms with Crippen molar-refractivity contribution in [1.29, 1.82) is 0 Å². The molecule has 1 nitrogen and oxygen atoms in total. The number of nitrogens with zero attached hydrogens (tertiary/aromatic N) is 1. The molecule has 0 radical (unpaired) electrons. The molecule has 0 aliphatic heterocycles. The average molecular weight is 260 g/mol. The van der Waals surface area contributed by atoms with Crippen molar-refractivity contribution < 1.29 is 4.57 Å². The fourth-order valence-corrected chi connectivity index (χ4v) is 3.57. The lowest BCUT2D eigenvalue weighted by Gasteiger charge is -2.19. The molecule has 1 aliphatic rings. The first kappa shape index (κ1) is 11.7. The summed E-state index contributed by atoms with van der Waals surface area (Å²) in [4.78, 5) is 0. The minimum atomic E-state index is 1.14. The topological polar surface area (TPSA) is 3.88 Å². The zero-order valence-electron chi connectivity index (χ0n) is 12.0. The molecule has 0 unspecified atom stereocenters. The normalized spacial score (nSPS) is 13.1. The van der Waals surface area contributed by atoms with Crippen molar-refractivity contribution in [2.45, 2.75) is 19.8 Å². The Balaban J connectivity index is 2.15. The van der Waals surface area contributed by atoms with Crippen molar-refractivity contribution in [3.8, 4) is 11.3 Å². The first-order chi connectivity index (χ1) is 9.75. The molecule has 0 spiro atoms. The molecule has 0 saturated carbocycles. The quantitative estimate of drug-likeness (QED) is 0.542. The highest BCUT2D eigenvalue weighted by atomic mass is 14.9. The summed E-state index contributed by atoms with van der Waals surface area (Å²) in [5.41, 5.74) is 8.51. The number of aromatic nitrogens is 1. The largest absolute Gasteiger partial charge is 0.216 e. The lowest BCUT2D eigenvalue weighted by Crippen LogP contribution is -2.35. The number of rotatable bonds is 0. The Kier molecular flexibility index (Phi) is 2.43. The van der Waals surface area contributed by atoms with E-state index < -0.39 is 0 Å². The molecule has 2 aromatic carbocycles. The number of fused-ring (bicyclic) bond motifs is 4. The van der Waals surface area contributed by atoms with Gasteiger partial charge in [-0.25, -0.2) is 0 Å². The van der Waals surface area contributed by atoms with E-state index in [-0.39, 0.29) is 0 Å². The molecule has 20 heavy (non-hydrogen) atoms. The smallest absolute Gasteiger partial charge is 0.194 e. The summed E-state index contributed by atoms with van der Waals surface area (Å²) in [5, 5.41) is 1.34. The maximum Gasteiger partial charge on any atom is 0.216 e. The van der Waals surface area contributed by atoms with E-state index in [0.29, 0.717) is 0 Å². The Morgan fingerprint density at radius 2 is 1.70 bits per heavy atom. The summed E-state index contributed by atoms with van der Waals surface area (Å²) >= 11 is 0. The Morgan fingerprint density at radius 3 is 2.60 bits per heavy atom. The molecule has 1 heteroatoms. The predicted octanol–water partition coefficient (Wildman–Crippen LogP) is 3.74. The SMILES string of the molecule is Cc1cccc2c1-c1c(cc3ccccc3[n+]1C)CC2. The molecule has 1 aromatic heterocycles. The van der Waals surface area contributed by atoms with Crippen LogP contribution in [-0.2, 0) is 19.9 Å². The lowest BCUT2D eigenvalue weighted by atomic mass is 9.85. The van der Waals surface area contributed by atoms with Crippen molar-refractivity contribution in [2.24, 2.45) is 7.05 Å². The summed E-state index contributed by atoms with van der Waals surface area (Å²) in [6.07, 6.45) is 2.30. The van der Waals surface area contributed by atoms with E-state index in [9.17, 15) is 0 Å². The van der Waals surface area contributed by atoms with E-state index >= 15 is 0 Å². The van der Waals surface area contributed by atoms with Gasteiger partial charge in [-0.2, -0.15) is 4.57 Å². The molecule has 3 aromatic rings. The minimum Gasteiger partial charge on any atom is -0.194 e. The molecular formula is C19H18N+. The summed E-state index contributed by atoms with van der Waals surface area (Å²) in [5.74, 6) is 0. The molecule has 0 fully saturated rings. The first-order valence-electron chi connectivity index (χ1n) is 7.25. The van der Waals surface area contributed by atoms with Crippen LogP contribution in [0.25, 0.3) is 22.2 Å². The molecule has 0 amide bonds. The fourth-order valence-electron chi connectivity index (χ4n) is 3.57. The van der Waals surface area contributed by atoms with Gasteiger partial charge in [0.1, 0.15) is 7.05 Å². The summed E-state index contributed by atoms with van der Waals surface area (Å²) in [6, 6.07) is 17.7. The fraction of sp³-hybridized carbons (Fsp3) is 0.211. The Morgan fingerprint density at radius 1 is 0.900 bits per heavy atom. The van der Waals surface area contributed by atoms with Gasteiger partial charge < -0.3 is 0 Å². The number of benzene rings is 2. The van der Waals surface area contributed by atoms with Crippen LogP contribution < -0.4 is 4.57 Å². The van der Waals surface area contributed by atoms with Gasteiger partial charge in [-0.05, 0) is 43.0 Å². The van der Waals surface area contributed by atoms with Gasteiger partial charge in [-0.3, -0.25) is 0 Å². The van der Waals surface area contributed by atoms with Gasteiger partial charge in [0.05, 0.1) is 5.56 Å². The monoisotopic (exact) mass is 260 g/mol. The van der Waals surface area contributed by atoms with Crippen molar-refractivity contribution in [3.63, 3.8) is 0 Å². The molecule has 1 aliphatic carbocycles. The highest BCUT2D eigenvalue weighted by molar-refractivity contribution is 5.81. The zero-order valence-corrected chi connectivity index (χ0v) is 12.0. The second kappa shape index (κ2) is 4.17.